The van der Waals surface area contributed by atoms with Crippen molar-refractivity contribution < 1.29 is 9.90 Å². The van der Waals surface area contributed by atoms with Crippen LogP contribution in [0.3, 0.4) is 0 Å². The lowest BCUT2D eigenvalue weighted by Crippen LogP contribution is -2.06. The molecule has 1 heterocycles. The summed E-state index contributed by atoms with van der Waals surface area (Å²) in [6.07, 6.45) is 0.653. The second-order valence-corrected chi connectivity index (χ2v) is 8.11. The minimum absolute atomic E-state index is 0.132. The number of rotatable bonds is 7. The number of benzene rings is 3. The van der Waals surface area contributed by atoms with E-state index in [1.165, 1.54) is 16.8 Å². The predicted octanol–water partition coefficient (Wildman–Crippen LogP) is 6.95. The highest BCUT2D eigenvalue weighted by Gasteiger charge is 2.21. The molecule has 3 heteroatoms. The standard InChI is InChI=1S/C28H27NO2/c1-20(2)28-25(22-11-5-3-6-12-22)19-26(23-13-7-4-8-14-23)29(28)24-15-9-10-21(18-24)16-17-27(30)31/h3-15,18-20H,16-17H2,1-2H3,(H,30,31). The van der Waals surface area contributed by atoms with E-state index in [1.54, 1.807) is 0 Å². The maximum absolute atomic E-state index is 11.1. The molecule has 0 radical (unpaired) electrons. The van der Waals surface area contributed by atoms with Crippen molar-refractivity contribution in [3.8, 4) is 28.1 Å². The smallest absolute Gasteiger partial charge is 0.303 e. The van der Waals surface area contributed by atoms with Crippen LogP contribution in [-0.2, 0) is 11.2 Å². The highest BCUT2D eigenvalue weighted by Crippen LogP contribution is 2.39. The first kappa shape index (κ1) is 20.7. The number of carboxylic acids is 1. The molecule has 0 unspecified atom stereocenters. The number of carbonyl (C=O) groups is 1. The van der Waals surface area contributed by atoms with Gasteiger partial charge in [0.05, 0.1) is 5.69 Å². The molecule has 0 spiro atoms. The normalized spacial score (nSPS) is 11.1. The molecule has 4 aromatic rings. The zero-order valence-corrected chi connectivity index (χ0v) is 18.0. The topological polar surface area (TPSA) is 42.2 Å². The van der Waals surface area contributed by atoms with Crippen molar-refractivity contribution in [3.05, 3.63) is 102 Å². The third kappa shape index (κ3) is 4.46. The third-order valence-electron chi connectivity index (χ3n) is 5.54. The van der Waals surface area contributed by atoms with Crippen molar-refractivity contribution in [2.24, 2.45) is 0 Å². The van der Waals surface area contributed by atoms with Crippen LogP contribution in [0.4, 0.5) is 0 Å². The fourth-order valence-electron chi connectivity index (χ4n) is 4.15. The van der Waals surface area contributed by atoms with Gasteiger partial charge in [-0.3, -0.25) is 4.79 Å². The van der Waals surface area contributed by atoms with Crippen LogP contribution in [0.5, 0.6) is 0 Å². The molecule has 4 rings (SSSR count). The molecule has 0 aliphatic heterocycles. The van der Waals surface area contributed by atoms with Crippen LogP contribution in [-0.4, -0.2) is 15.6 Å². The molecule has 31 heavy (non-hydrogen) atoms. The summed E-state index contributed by atoms with van der Waals surface area (Å²) in [5, 5.41) is 9.09. The van der Waals surface area contributed by atoms with Crippen LogP contribution in [0.2, 0.25) is 0 Å². The van der Waals surface area contributed by atoms with Gasteiger partial charge in [0.25, 0.3) is 0 Å². The quantitative estimate of drug-likeness (QED) is 0.359. The Balaban J connectivity index is 1.95. The first-order valence-electron chi connectivity index (χ1n) is 10.7. The number of carboxylic acid groups (broad SMARTS) is 1. The molecule has 0 fully saturated rings. The molecule has 3 nitrogen and oxygen atoms in total. The lowest BCUT2D eigenvalue weighted by molar-refractivity contribution is -0.136. The number of aliphatic carboxylic acids is 1. The molecular formula is C28H27NO2. The Morgan fingerprint density at radius 1 is 0.839 bits per heavy atom. The molecule has 156 valence electrons. The molecule has 0 aliphatic carbocycles. The molecule has 0 amide bonds. The molecule has 0 saturated carbocycles. The summed E-state index contributed by atoms with van der Waals surface area (Å²) in [6.45, 7) is 4.45. The van der Waals surface area contributed by atoms with Crippen molar-refractivity contribution in [2.45, 2.75) is 32.6 Å². The van der Waals surface area contributed by atoms with Gasteiger partial charge < -0.3 is 9.67 Å². The fraction of sp³-hybridized carbons (Fsp3) is 0.179. The second kappa shape index (κ2) is 9.05. The molecule has 1 N–H and O–H groups in total. The lowest BCUT2D eigenvalue weighted by Gasteiger charge is -2.18. The Kier molecular flexibility index (Phi) is 6.03. The van der Waals surface area contributed by atoms with Gasteiger partial charge >= 0.3 is 5.97 Å². The van der Waals surface area contributed by atoms with Crippen LogP contribution >= 0.6 is 0 Å². The van der Waals surface area contributed by atoms with Gasteiger partial charge in [-0.15, -0.1) is 0 Å². The van der Waals surface area contributed by atoms with Crippen LogP contribution in [0.1, 0.15) is 37.4 Å². The predicted molar refractivity (Wildman–Crippen MR) is 127 cm³/mol. The monoisotopic (exact) mass is 409 g/mol. The number of hydrogen-bond donors (Lipinski definition) is 1. The van der Waals surface area contributed by atoms with Gasteiger partial charge in [0.1, 0.15) is 0 Å². The summed E-state index contributed by atoms with van der Waals surface area (Å²) in [5.74, 6) is -0.471. The van der Waals surface area contributed by atoms with E-state index in [0.29, 0.717) is 12.3 Å². The summed E-state index contributed by atoms with van der Waals surface area (Å²) in [5.41, 5.74) is 8.06. The zero-order valence-electron chi connectivity index (χ0n) is 18.0. The van der Waals surface area contributed by atoms with Gasteiger partial charge in [-0.25, -0.2) is 0 Å². The van der Waals surface area contributed by atoms with E-state index in [1.807, 2.05) is 24.3 Å². The fourth-order valence-corrected chi connectivity index (χ4v) is 4.15. The average molecular weight is 410 g/mol. The highest BCUT2D eigenvalue weighted by molar-refractivity contribution is 5.77. The van der Waals surface area contributed by atoms with Crippen molar-refractivity contribution in [2.75, 3.05) is 0 Å². The van der Waals surface area contributed by atoms with E-state index in [2.05, 4.69) is 85.1 Å². The molecule has 0 aliphatic rings. The van der Waals surface area contributed by atoms with Gasteiger partial charge in [-0.05, 0) is 47.2 Å². The Bertz CT molecular complexity index is 1170. The Labute approximate surface area is 183 Å². The SMILES string of the molecule is CC(C)c1c(-c2ccccc2)cc(-c2ccccc2)n1-c1cccc(CCC(=O)O)c1. The van der Waals surface area contributed by atoms with Crippen molar-refractivity contribution in [1.29, 1.82) is 0 Å². The highest BCUT2D eigenvalue weighted by atomic mass is 16.4. The van der Waals surface area contributed by atoms with Gasteiger partial charge in [0.2, 0.25) is 0 Å². The van der Waals surface area contributed by atoms with Gasteiger partial charge in [-0.1, -0.05) is 86.6 Å². The van der Waals surface area contributed by atoms with E-state index in [4.69, 9.17) is 5.11 Å². The van der Waals surface area contributed by atoms with E-state index in [0.717, 1.165) is 22.5 Å². The summed E-state index contributed by atoms with van der Waals surface area (Å²) in [7, 11) is 0. The summed E-state index contributed by atoms with van der Waals surface area (Å²) < 4.78 is 2.34. The average Bonchev–Trinajstić information content (AvgIpc) is 3.20. The molecule has 0 saturated heterocycles. The number of hydrogen-bond acceptors (Lipinski definition) is 1. The zero-order chi connectivity index (χ0) is 21.8. The Morgan fingerprint density at radius 2 is 1.48 bits per heavy atom. The molecule has 0 atom stereocenters. The third-order valence-corrected chi connectivity index (χ3v) is 5.54. The first-order chi connectivity index (χ1) is 15.0. The van der Waals surface area contributed by atoms with Gasteiger partial charge in [0, 0.05) is 23.4 Å². The maximum atomic E-state index is 11.1. The minimum atomic E-state index is -0.773. The van der Waals surface area contributed by atoms with E-state index >= 15 is 0 Å². The van der Waals surface area contributed by atoms with E-state index in [-0.39, 0.29) is 6.42 Å². The van der Waals surface area contributed by atoms with Gasteiger partial charge in [0.15, 0.2) is 0 Å². The minimum Gasteiger partial charge on any atom is -0.481 e. The molecule has 0 bridgehead atoms. The molecule has 1 aromatic heterocycles. The molecule has 3 aromatic carbocycles. The van der Waals surface area contributed by atoms with Gasteiger partial charge in [-0.2, -0.15) is 0 Å². The van der Waals surface area contributed by atoms with Crippen LogP contribution in [0.15, 0.2) is 91.0 Å². The first-order valence-corrected chi connectivity index (χ1v) is 10.7. The van der Waals surface area contributed by atoms with Crippen LogP contribution in [0.25, 0.3) is 28.1 Å². The molecular weight excluding hydrogens is 382 g/mol. The largest absolute Gasteiger partial charge is 0.481 e. The van der Waals surface area contributed by atoms with Crippen LogP contribution < -0.4 is 0 Å². The number of aryl methyl sites for hydroxylation is 1. The van der Waals surface area contributed by atoms with Crippen molar-refractivity contribution >= 4 is 5.97 Å². The van der Waals surface area contributed by atoms with Crippen molar-refractivity contribution in [1.82, 2.24) is 4.57 Å². The Morgan fingerprint density at radius 3 is 2.10 bits per heavy atom. The van der Waals surface area contributed by atoms with E-state index in [9.17, 15) is 4.79 Å². The van der Waals surface area contributed by atoms with Crippen molar-refractivity contribution in [3.63, 3.8) is 0 Å². The number of aromatic nitrogens is 1. The second-order valence-electron chi connectivity index (χ2n) is 8.11. The van der Waals surface area contributed by atoms with Crippen LogP contribution in [0, 0.1) is 0 Å². The summed E-state index contributed by atoms with van der Waals surface area (Å²) >= 11 is 0. The lowest BCUT2D eigenvalue weighted by atomic mass is 9.99. The van der Waals surface area contributed by atoms with E-state index < -0.39 is 5.97 Å². The number of nitrogens with zero attached hydrogens (tertiary/aromatic N) is 1. The Hall–Kier alpha value is -3.59. The maximum Gasteiger partial charge on any atom is 0.303 e. The summed E-state index contributed by atoms with van der Waals surface area (Å²) in [4.78, 5) is 11.1. The summed E-state index contributed by atoms with van der Waals surface area (Å²) in [6, 6.07) is 31.5.